The molecule has 0 saturated carbocycles. The number of thiazole rings is 1. The number of rotatable bonds is 4. The van der Waals surface area contributed by atoms with Gasteiger partial charge in [-0.15, -0.1) is 0 Å². The van der Waals surface area contributed by atoms with Crippen LogP contribution in [0.1, 0.15) is 15.4 Å². The van der Waals surface area contributed by atoms with Crippen molar-refractivity contribution in [3.8, 4) is 0 Å². The standard InChI is InChI=1S/C12H11BrN2O4S2/c1-7-10(11(16)19-2)20-12(14-7)15-21(17,18)9-5-3-8(13)4-6-9/h3-6H,1-2H3,(H,14,15). The summed E-state index contributed by atoms with van der Waals surface area (Å²) in [7, 11) is -2.48. The minimum Gasteiger partial charge on any atom is -0.465 e. The first-order chi connectivity index (χ1) is 9.83. The van der Waals surface area contributed by atoms with Gasteiger partial charge in [-0.1, -0.05) is 27.3 Å². The summed E-state index contributed by atoms with van der Waals surface area (Å²) in [5.74, 6) is -0.543. The maximum Gasteiger partial charge on any atom is 0.350 e. The quantitative estimate of drug-likeness (QED) is 0.811. The lowest BCUT2D eigenvalue weighted by molar-refractivity contribution is 0.0605. The maximum atomic E-state index is 12.2. The number of hydrogen-bond donors (Lipinski definition) is 1. The number of esters is 1. The molecule has 6 nitrogen and oxygen atoms in total. The number of benzene rings is 1. The molecular weight excluding hydrogens is 380 g/mol. The molecule has 0 atom stereocenters. The number of nitrogens with one attached hydrogen (secondary N) is 1. The van der Waals surface area contributed by atoms with Crippen LogP contribution in [0.25, 0.3) is 0 Å². The Labute approximate surface area is 134 Å². The first-order valence-electron chi connectivity index (χ1n) is 5.67. The summed E-state index contributed by atoms with van der Waals surface area (Å²) in [5, 5.41) is 0.121. The summed E-state index contributed by atoms with van der Waals surface area (Å²) in [6.07, 6.45) is 0. The summed E-state index contributed by atoms with van der Waals surface area (Å²) in [6.45, 7) is 1.61. The maximum absolute atomic E-state index is 12.2. The van der Waals surface area contributed by atoms with Gasteiger partial charge in [0.15, 0.2) is 5.13 Å². The van der Waals surface area contributed by atoms with Crippen molar-refractivity contribution in [2.45, 2.75) is 11.8 Å². The van der Waals surface area contributed by atoms with Crippen LogP contribution in [0.3, 0.4) is 0 Å². The van der Waals surface area contributed by atoms with Gasteiger partial charge in [0, 0.05) is 4.47 Å². The third-order valence-electron chi connectivity index (χ3n) is 2.51. The summed E-state index contributed by atoms with van der Waals surface area (Å²) in [6, 6.07) is 6.19. The molecule has 0 spiro atoms. The number of aryl methyl sites for hydroxylation is 1. The van der Waals surface area contributed by atoms with Gasteiger partial charge in [-0.05, 0) is 31.2 Å². The Hall–Kier alpha value is -1.45. The van der Waals surface area contributed by atoms with Crippen molar-refractivity contribution in [1.29, 1.82) is 0 Å². The molecule has 1 aromatic heterocycles. The number of ether oxygens (including phenoxy) is 1. The van der Waals surface area contributed by atoms with Gasteiger partial charge in [0.05, 0.1) is 17.7 Å². The number of hydrogen-bond acceptors (Lipinski definition) is 6. The number of halogens is 1. The second-order valence-corrected chi connectivity index (χ2v) is 7.58. The van der Waals surface area contributed by atoms with Crippen LogP contribution in [0.4, 0.5) is 5.13 Å². The molecule has 9 heteroatoms. The van der Waals surface area contributed by atoms with Gasteiger partial charge in [-0.25, -0.2) is 18.2 Å². The first kappa shape index (κ1) is 15.9. The fourth-order valence-corrected chi connectivity index (χ4v) is 3.89. The van der Waals surface area contributed by atoms with E-state index in [1.54, 1.807) is 19.1 Å². The van der Waals surface area contributed by atoms with E-state index >= 15 is 0 Å². The van der Waals surface area contributed by atoms with Crippen molar-refractivity contribution < 1.29 is 17.9 Å². The van der Waals surface area contributed by atoms with E-state index in [0.717, 1.165) is 15.8 Å². The Morgan fingerprint density at radius 1 is 1.33 bits per heavy atom. The molecule has 0 unspecified atom stereocenters. The fraction of sp³-hybridized carbons (Fsp3) is 0.167. The summed E-state index contributed by atoms with van der Waals surface area (Å²) in [5.41, 5.74) is 0.417. The van der Waals surface area contributed by atoms with E-state index in [9.17, 15) is 13.2 Å². The highest BCUT2D eigenvalue weighted by molar-refractivity contribution is 9.10. The lowest BCUT2D eigenvalue weighted by Crippen LogP contribution is -2.12. The monoisotopic (exact) mass is 390 g/mol. The molecule has 0 fully saturated rings. The molecule has 0 saturated heterocycles. The minimum atomic E-state index is -3.74. The predicted molar refractivity (Wildman–Crippen MR) is 83.1 cm³/mol. The highest BCUT2D eigenvalue weighted by Gasteiger charge is 2.20. The van der Waals surface area contributed by atoms with Gasteiger partial charge in [0.2, 0.25) is 0 Å². The number of sulfonamides is 1. The van der Waals surface area contributed by atoms with Crippen molar-refractivity contribution in [1.82, 2.24) is 4.98 Å². The van der Waals surface area contributed by atoms with E-state index in [1.807, 2.05) is 0 Å². The zero-order valence-corrected chi connectivity index (χ0v) is 14.3. The van der Waals surface area contributed by atoms with E-state index in [0.29, 0.717) is 5.69 Å². The molecule has 1 aromatic carbocycles. The van der Waals surface area contributed by atoms with Crippen LogP contribution in [-0.4, -0.2) is 26.5 Å². The van der Waals surface area contributed by atoms with Gasteiger partial charge >= 0.3 is 5.97 Å². The van der Waals surface area contributed by atoms with E-state index < -0.39 is 16.0 Å². The summed E-state index contributed by atoms with van der Waals surface area (Å²) >= 11 is 4.17. The van der Waals surface area contributed by atoms with Gasteiger partial charge in [0.1, 0.15) is 4.88 Å². The summed E-state index contributed by atoms with van der Waals surface area (Å²) in [4.78, 5) is 15.9. The number of carbonyl (C=O) groups excluding carboxylic acids is 1. The van der Waals surface area contributed by atoms with E-state index in [2.05, 4.69) is 30.4 Å². The third-order valence-corrected chi connectivity index (χ3v) is 5.58. The lowest BCUT2D eigenvalue weighted by Gasteiger charge is -2.04. The third kappa shape index (κ3) is 3.60. The summed E-state index contributed by atoms with van der Waals surface area (Å²) < 4.78 is 32.1. The van der Waals surface area contributed by atoms with Gasteiger partial charge < -0.3 is 4.74 Å². The average molecular weight is 391 g/mol. The van der Waals surface area contributed by atoms with Gasteiger partial charge in [0.25, 0.3) is 10.0 Å². The molecular formula is C12H11BrN2O4S2. The fourth-order valence-electron chi connectivity index (χ4n) is 1.51. The predicted octanol–water partition coefficient (Wildman–Crippen LogP) is 2.80. The first-order valence-corrected chi connectivity index (χ1v) is 8.77. The Bertz CT molecular complexity index is 769. The Morgan fingerprint density at radius 2 is 1.95 bits per heavy atom. The molecule has 0 bridgehead atoms. The van der Waals surface area contributed by atoms with Crippen LogP contribution >= 0.6 is 27.3 Å². The van der Waals surface area contributed by atoms with Crippen LogP contribution < -0.4 is 4.72 Å². The van der Waals surface area contributed by atoms with Crippen molar-refractivity contribution >= 4 is 48.4 Å². The zero-order chi connectivity index (χ0) is 15.6. The van der Waals surface area contributed by atoms with Crippen LogP contribution in [0.5, 0.6) is 0 Å². The van der Waals surface area contributed by atoms with Crippen molar-refractivity contribution in [2.24, 2.45) is 0 Å². The Balaban J connectivity index is 2.29. The van der Waals surface area contributed by atoms with Crippen LogP contribution in [0.15, 0.2) is 33.6 Å². The molecule has 21 heavy (non-hydrogen) atoms. The van der Waals surface area contributed by atoms with E-state index in [4.69, 9.17) is 0 Å². The molecule has 0 aliphatic carbocycles. The zero-order valence-electron chi connectivity index (χ0n) is 11.1. The number of nitrogens with zero attached hydrogens (tertiary/aromatic N) is 1. The Kier molecular flexibility index (Phi) is 4.64. The van der Waals surface area contributed by atoms with Crippen molar-refractivity contribution in [3.63, 3.8) is 0 Å². The molecule has 0 radical (unpaired) electrons. The van der Waals surface area contributed by atoms with Gasteiger partial charge in [-0.3, -0.25) is 4.72 Å². The van der Waals surface area contributed by atoms with Crippen LogP contribution in [0, 0.1) is 6.92 Å². The molecule has 0 aliphatic heterocycles. The molecule has 0 amide bonds. The number of aromatic nitrogens is 1. The minimum absolute atomic E-state index is 0.109. The second kappa shape index (κ2) is 6.12. The molecule has 112 valence electrons. The van der Waals surface area contributed by atoms with Crippen LogP contribution in [-0.2, 0) is 14.8 Å². The SMILES string of the molecule is COC(=O)c1sc(NS(=O)(=O)c2ccc(Br)cc2)nc1C. The largest absolute Gasteiger partial charge is 0.465 e. The van der Waals surface area contributed by atoms with Crippen molar-refractivity contribution in [3.05, 3.63) is 39.3 Å². The van der Waals surface area contributed by atoms with E-state index in [-0.39, 0.29) is 14.9 Å². The normalized spacial score (nSPS) is 11.2. The molecule has 2 rings (SSSR count). The molecule has 0 aliphatic rings. The molecule has 2 aromatic rings. The average Bonchev–Trinajstić information content (AvgIpc) is 2.78. The number of carbonyl (C=O) groups is 1. The topological polar surface area (TPSA) is 85.4 Å². The van der Waals surface area contributed by atoms with Crippen LogP contribution in [0.2, 0.25) is 0 Å². The Morgan fingerprint density at radius 3 is 2.52 bits per heavy atom. The highest BCUT2D eigenvalue weighted by Crippen LogP contribution is 2.26. The molecule has 1 heterocycles. The lowest BCUT2D eigenvalue weighted by atomic mass is 10.4. The molecule has 1 N–H and O–H groups in total. The van der Waals surface area contributed by atoms with Crippen molar-refractivity contribution in [2.75, 3.05) is 11.8 Å². The number of anilines is 1. The van der Waals surface area contributed by atoms with Gasteiger partial charge in [-0.2, -0.15) is 0 Å². The number of methoxy groups -OCH3 is 1. The van der Waals surface area contributed by atoms with E-state index in [1.165, 1.54) is 19.2 Å². The highest BCUT2D eigenvalue weighted by atomic mass is 79.9. The smallest absolute Gasteiger partial charge is 0.350 e. The second-order valence-electron chi connectivity index (χ2n) is 3.98.